The van der Waals surface area contributed by atoms with E-state index >= 15 is 0 Å². The molecule has 2 aromatic heterocycles. The van der Waals surface area contributed by atoms with Gasteiger partial charge in [-0.05, 0) is 30.0 Å². The number of carbonyl (C=O) groups is 1. The zero-order valence-corrected chi connectivity index (χ0v) is 13.5. The van der Waals surface area contributed by atoms with Gasteiger partial charge < -0.3 is 4.74 Å². The zero-order valence-electron chi connectivity index (χ0n) is 11.1. The van der Waals surface area contributed by atoms with Gasteiger partial charge in [-0.2, -0.15) is 0 Å². The number of halogens is 1. The average molecular weight is 347 g/mol. The van der Waals surface area contributed by atoms with Crippen molar-refractivity contribution in [1.29, 1.82) is 0 Å². The van der Waals surface area contributed by atoms with Crippen molar-refractivity contribution in [2.24, 2.45) is 0 Å². The lowest BCUT2D eigenvalue weighted by Crippen LogP contribution is -2.16. The first-order chi connectivity index (χ1) is 9.86. The van der Waals surface area contributed by atoms with E-state index in [0.717, 1.165) is 11.3 Å². The first-order valence-electron chi connectivity index (χ1n) is 5.66. The highest BCUT2D eigenvalue weighted by Gasteiger charge is 2.26. The highest BCUT2D eigenvalue weighted by atomic mass is 35.5. The van der Waals surface area contributed by atoms with Crippen molar-refractivity contribution >= 4 is 44.6 Å². The number of sulfonamides is 1. The summed E-state index contributed by atoms with van der Waals surface area (Å²) in [5.74, 6) is -0.709. The maximum Gasteiger partial charge on any atom is 0.349 e. The van der Waals surface area contributed by atoms with E-state index in [9.17, 15) is 13.2 Å². The number of aryl methyl sites for hydroxylation is 1. The van der Waals surface area contributed by atoms with Crippen LogP contribution in [0.2, 0.25) is 5.15 Å². The normalized spacial score (nSPS) is 11.2. The molecule has 9 heteroatoms. The summed E-state index contributed by atoms with van der Waals surface area (Å²) in [5.41, 5.74) is 0.801. The van der Waals surface area contributed by atoms with Crippen LogP contribution >= 0.6 is 22.9 Å². The molecule has 112 valence electrons. The largest absolute Gasteiger partial charge is 0.465 e. The monoisotopic (exact) mass is 346 g/mol. The molecule has 1 N–H and O–H groups in total. The van der Waals surface area contributed by atoms with Gasteiger partial charge in [-0.3, -0.25) is 4.72 Å². The summed E-state index contributed by atoms with van der Waals surface area (Å²) in [6, 6.07) is 2.96. The molecular formula is C12H11ClN2O4S2. The number of aromatic nitrogens is 1. The van der Waals surface area contributed by atoms with Gasteiger partial charge in [0.2, 0.25) is 0 Å². The molecular weight excluding hydrogens is 336 g/mol. The van der Waals surface area contributed by atoms with Gasteiger partial charge in [0, 0.05) is 6.20 Å². The van der Waals surface area contributed by atoms with Gasteiger partial charge >= 0.3 is 5.97 Å². The molecule has 2 rings (SSSR count). The first-order valence-corrected chi connectivity index (χ1v) is 8.40. The highest BCUT2D eigenvalue weighted by molar-refractivity contribution is 7.93. The minimum Gasteiger partial charge on any atom is -0.465 e. The maximum absolute atomic E-state index is 12.4. The average Bonchev–Trinajstić information content (AvgIpc) is 2.92. The summed E-state index contributed by atoms with van der Waals surface area (Å²) in [7, 11) is -2.78. The number of esters is 1. The summed E-state index contributed by atoms with van der Waals surface area (Å²) in [6.45, 7) is 1.69. The molecule has 2 aromatic rings. The van der Waals surface area contributed by atoms with Crippen molar-refractivity contribution < 1.29 is 17.9 Å². The van der Waals surface area contributed by atoms with Crippen molar-refractivity contribution in [2.75, 3.05) is 11.8 Å². The Morgan fingerprint density at radius 2 is 2.14 bits per heavy atom. The molecule has 0 aliphatic heterocycles. The van der Waals surface area contributed by atoms with Gasteiger partial charge in [0.05, 0.1) is 12.8 Å². The fourth-order valence-electron chi connectivity index (χ4n) is 1.59. The second kappa shape index (κ2) is 6.00. The Kier molecular flexibility index (Phi) is 4.50. The van der Waals surface area contributed by atoms with Crippen LogP contribution in [-0.4, -0.2) is 26.5 Å². The van der Waals surface area contributed by atoms with Gasteiger partial charge in [-0.25, -0.2) is 18.2 Å². The standard InChI is InChI=1S/C12H11ClN2O4S2/c1-7-3-5-14-11(13)9(7)15-21(17,18)8-4-6-20-10(8)12(16)19-2/h3-6,15H,1-2H3. The smallest absolute Gasteiger partial charge is 0.349 e. The third-order valence-corrected chi connectivity index (χ3v) is 5.34. The van der Waals surface area contributed by atoms with E-state index in [1.807, 2.05) is 0 Å². The third-order valence-electron chi connectivity index (χ3n) is 2.64. The molecule has 0 spiro atoms. The molecule has 0 saturated carbocycles. The fourth-order valence-corrected chi connectivity index (χ4v) is 4.37. The molecule has 0 aromatic carbocycles. The predicted octanol–water partition coefficient (Wildman–Crippen LogP) is 2.69. The molecule has 0 aliphatic rings. The van der Waals surface area contributed by atoms with Crippen LogP contribution in [-0.2, 0) is 14.8 Å². The second-order valence-electron chi connectivity index (χ2n) is 4.00. The summed E-state index contributed by atoms with van der Waals surface area (Å²) < 4.78 is 31.7. The number of carbonyl (C=O) groups excluding carboxylic acids is 1. The van der Waals surface area contributed by atoms with Crippen molar-refractivity contribution in [3.63, 3.8) is 0 Å². The van der Waals surface area contributed by atoms with Crippen molar-refractivity contribution in [3.05, 3.63) is 39.3 Å². The van der Waals surface area contributed by atoms with E-state index in [4.69, 9.17) is 11.6 Å². The number of pyridine rings is 1. The Bertz CT molecular complexity index is 766. The van der Waals surface area contributed by atoms with Crippen LogP contribution in [0, 0.1) is 6.92 Å². The Morgan fingerprint density at radius 1 is 1.43 bits per heavy atom. The van der Waals surface area contributed by atoms with Crippen LogP contribution in [0.4, 0.5) is 5.69 Å². The molecule has 0 aliphatic carbocycles. The van der Waals surface area contributed by atoms with Gasteiger partial charge in [-0.1, -0.05) is 11.6 Å². The van der Waals surface area contributed by atoms with Crippen LogP contribution in [0.1, 0.15) is 15.2 Å². The van der Waals surface area contributed by atoms with Crippen LogP contribution in [0.3, 0.4) is 0 Å². The summed E-state index contributed by atoms with van der Waals surface area (Å²) >= 11 is 6.89. The molecule has 6 nitrogen and oxygen atoms in total. The van der Waals surface area contributed by atoms with Crippen molar-refractivity contribution in [1.82, 2.24) is 4.98 Å². The van der Waals surface area contributed by atoms with E-state index in [-0.39, 0.29) is 20.6 Å². The summed E-state index contributed by atoms with van der Waals surface area (Å²) in [6.07, 6.45) is 1.47. The molecule has 0 atom stereocenters. The minimum atomic E-state index is -3.97. The Balaban J connectivity index is 2.45. The van der Waals surface area contributed by atoms with E-state index < -0.39 is 16.0 Å². The number of nitrogens with zero attached hydrogens (tertiary/aromatic N) is 1. The number of nitrogens with one attached hydrogen (secondary N) is 1. The minimum absolute atomic E-state index is 0.00247. The van der Waals surface area contributed by atoms with Gasteiger partial charge in [0.1, 0.15) is 9.77 Å². The molecule has 0 unspecified atom stereocenters. The van der Waals surface area contributed by atoms with Gasteiger partial charge in [0.25, 0.3) is 10.0 Å². The molecule has 21 heavy (non-hydrogen) atoms. The second-order valence-corrected chi connectivity index (χ2v) is 6.93. The van der Waals surface area contributed by atoms with E-state index in [2.05, 4.69) is 14.4 Å². The Labute approximate surface area is 130 Å². The lowest BCUT2D eigenvalue weighted by atomic mass is 10.3. The number of ether oxygens (including phenoxy) is 1. The lowest BCUT2D eigenvalue weighted by molar-refractivity contribution is 0.0602. The molecule has 0 bridgehead atoms. The fraction of sp³-hybridized carbons (Fsp3) is 0.167. The number of anilines is 1. The van der Waals surface area contributed by atoms with Crippen molar-refractivity contribution in [2.45, 2.75) is 11.8 Å². The van der Waals surface area contributed by atoms with Crippen LogP contribution in [0.25, 0.3) is 0 Å². The SMILES string of the molecule is COC(=O)c1sccc1S(=O)(=O)Nc1c(C)ccnc1Cl. The molecule has 2 heterocycles. The van der Waals surface area contributed by atoms with Crippen LogP contribution in [0.15, 0.2) is 28.6 Å². The van der Waals surface area contributed by atoms with Crippen molar-refractivity contribution in [3.8, 4) is 0 Å². The first kappa shape index (κ1) is 15.7. The third kappa shape index (κ3) is 3.17. The summed E-state index contributed by atoms with van der Waals surface area (Å²) in [5, 5.41) is 1.53. The highest BCUT2D eigenvalue weighted by Crippen LogP contribution is 2.29. The number of thiophene rings is 1. The number of hydrogen-bond acceptors (Lipinski definition) is 6. The van der Waals surface area contributed by atoms with E-state index in [0.29, 0.717) is 5.56 Å². The van der Waals surface area contributed by atoms with E-state index in [1.54, 1.807) is 13.0 Å². The summed E-state index contributed by atoms with van der Waals surface area (Å²) in [4.78, 5) is 15.3. The number of hydrogen-bond donors (Lipinski definition) is 1. The van der Waals surface area contributed by atoms with Gasteiger partial charge in [0.15, 0.2) is 5.15 Å². The Hall–Kier alpha value is -1.64. The number of rotatable bonds is 4. The molecule has 0 amide bonds. The van der Waals surface area contributed by atoms with E-state index in [1.165, 1.54) is 24.8 Å². The topological polar surface area (TPSA) is 85.4 Å². The molecule has 0 radical (unpaired) electrons. The number of methoxy groups -OCH3 is 1. The van der Waals surface area contributed by atoms with Gasteiger partial charge in [-0.15, -0.1) is 11.3 Å². The van der Waals surface area contributed by atoms with Crippen LogP contribution in [0.5, 0.6) is 0 Å². The quantitative estimate of drug-likeness (QED) is 0.679. The molecule has 0 saturated heterocycles. The maximum atomic E-state index is 12.4. The zero-order chi connectivity index (χ0) is 15.6. The Morgan fingerprint density at radius 3 is 2.76 bits per heavy atom. The lowest BCUT2D eigenvalue weighted by Gasteiger charge is -2.11. The van der Waals surface area contributed by atoms with Crippen LogP contribution < -0.4 is 4.72 Å². The predicted molar refractivity (Wildman–Crippen MR) is 80.5 cm³/mol. The molecule has 0 fully saturated rings.